The molecule has 0 spiro atoms. The molecule has 2 amide bonds. The minimum atomic E-state index is -0.503. The molecule has 0 heterocycles. The van der Waals surface area contributed by atoms with E-state index in [1.807, 2.05) is 39.0 Å². The summed E-state index contributed by atoms with van der Waals surface area (Å²) in [6, 6.07) is 16.0. The molecule has 0 aliphatic carbocycles. The molecular formula is C25H34N2O2. The maximum absolute atomic E-state index is 13.1. The van der Waals surface area contributed by atoms with Gasteiger partial charge < -0.3 is 10.2 Å². The van der Waals surface area contributed by atoms with E-state index in [2.05, 4.69) is 42.6 Å². The fourth-order valence-corrected chi connectivity index (χ4v) is 3.32. The lowest BCUT2D eigenvalue weighted by atomic mass is 10.0. The molecule has 0 saturated carbocycles. The Balaban J connectivity index is 2.11. The molecular weight excluding hydrogens is 360 g/mol. The van der Waals surface area contributed by atoms with Gasteiger partial charge in [0.2, 0.25) is 11.8 Å². The zero-order chi connectivity index (χ0) is 21.2. The number of benzene rings is 2. The van der Waals surface area contributed by atoms with Crippen molar-refractivity contribution in [3.8, 4) is 0 Å². The highest BCUT2D eigenvalue weighted by atomic mass is 16.2. The highest BCUT2D eigenvalue weighted by Gasteiger charge is 2.25. The van der Waals surface area contributed by atoms with Crippen molar-refractivity contribution >= 4 is 11.8 Å². The predicted molar refractivity (Wildman–Crippen MR) is 119 cm³/mol. The lowest BCUT2D eigenvalue weighted by molar-refractivity contribution is -0.140. The molecule has 2 aromatic carbocycles. The maximum Gasteiger partial charge on any atom is 0.242 e. The molecule has 0 aliphatic heterocycles. The molecule has 4 heteroatoms. The summed E-state index contributed by atoms with van der Waals surface area (Å²) in [5.41, 5.74) is 4.63. The number of nitrogens with zero attached hydrogens (tertiary/aromatic N) is 1. The average Bonchev–Trinajstić information content (AvgIpc) is 2.74. The number of nitrogens with one attached hydrogen (secondary N) is 1. The Hall–Kier alpha value is -2.62. The third kappa shape index (κ3) is 7.04. The number of rotatable bonds is 10. The van der Waals surface area contributed by atoms with E-state index in [0.717, 1.165) is 29.5 Å². The standard InChI is InChI=1S/C25H34N2O2/c1-5-16-26-25(29)20(4)27(18-23-9-7-8-19(3)17-23)24(28)15-14-22-12-10-21(6-2)11-13-22/h7-13,17,20H,5-6,14-16,18H2,1-4H3,(H,26,29)/t20-/m0/s1. The molecule has 0 radical (unpaired) electrons. The highest BCUT2D eigenvalue weighted by Crippen LogP contribution is 2.14. The van der Waals surface area contributed by atoms with Crippen LogP contribution in [0.15, 0.2) is 48.5 Å². The normalized spacial score (nSPS) is 11.7. The van der Waals surface area contributed by atoms with Gasteiger partial charge in [-0.15, -0.1) is 0 Å². The molecule has 29 heavy (non-hydrogen) atoms. The summed E-state index contributed by atoms with van der Waals surface area (Å²) in [6.07, 6.45) is 2.95. The quantitative estimate of drug-likeness (QED) is 0.648. The van der Waals surface area contributed by atoms with Crippen molar-refractivity contribution in [2.24, 2.45) is 0 Å². The van der Waals surface area contributed by atoms with E-state index in [0.29, 0.717) is 25.9 Å². The monoisotopic (exact) mass is 394 g/mol. The smallest absolute Gasteiger partial charge is 0.242 e. The molecule has 1 N–H and O–H groups in total. The number of carbonyl (C=O) groups excluding carboxylic acids is 2. The van der Waals surface area contributed by atoms with Gasteiger partial charge in [-0.05, 0) is 49.8 Å². The molecule has 156 valence electrons. The van der Waals surface area contributed by atoms with Crippen LogP contribution in [0.3, 0.4) is 0 Å². The second-order valence-corrected chi connectivity index (χ2v) is 7.65. The van der Waals surface area contributed by atoms with E-state index >= 15 is 0 Å². The molecule has 0 aliphatic rings. The highest BCUT2D eigenvalue weighted by molar-refractivity contribution is 5.87. The number of hydrogen-bond acceptors (Lipinski definition) is 2. The van der Waals surface area contributed by atoms with Gasteiger partial charge in [-0.1, -0.05) is 67.9 Å². The van der Waals surface area contributed by atoms with E-state index in [9.17, 15) is 9.59 Å². The van der Waals surface area contributed by atoms with Crippen LogP contribution in [0.25, 0.3) is 0 Å². The number of hydrogen-bond donors (Lipinski definition) is 1. The molecule has 4 nitrogen and oxygen atoms in total. The third-order valence-electron chi connectivity index (χ3n) is 5.21. The summed E-state index contributed by atoms with van der Waals surface area (Å²) in [5.74, 6) is -0.0922. The summed E-state index contributed by atoms with van der Waals surface area (Å²) >= 11 is 0. The first kappa shape index (κ1) is 22.7. The Morgan fingerprint density at radius 2 is 1.69 bits per heavy atom. The van der Waals surface area contributed by atoms with Gasteiger partial charge in [0.15, 0.2) is 0 Å². The molecule has 0 fully saturated rings. The summed E-state index contributed by atoms with van der Waals surface area (Å²) in [4.78, 5) is 27.3. The van der Waals surface area contributed by atoms with Crippen molar-refractivity contribution in [2.45, 2.75) is 66.0 Å². The van der Waals surface area contributed by atoms with Gasteiger partial charge in [-0.3, -0.25) is 9.59 Å². The number of carbonyl (C=O) groups is 2. The fraction of sp³-hybridized carbons (Fsp3) is 0.440. The SMILES string of the molecule is CCCNC(=O)[C@H](C)N(Cc1cccc(C)c1)C(=O)CCc1ccc(CC)cc1. The maximum atomic E-state index is 13.1. The van der Waals surface area contributed by atoms with Crippen LogP contribution < -0.4 is 5.32 Å². The molecule has 0 aromatic heterocycles. The molecule has 0 saturated heterocycles. The Kier molecular flexibility index (Phi) is 8.91. The molecule has 2 rings (SSSR count). The van der Waals surface area contributed by atoms with Crippen LogP contribution in [0.2, 0.25) is 0 Å². The Morgan fingerprint density at radius 1 is 1.00 bits per heavy atom. The van der Waals surface area contributed by atoms with Crippen molar-refractivity contribution in [2.75, 3.05) is 6.54 Å². The third-order valence-corrected chi connectivity index (χ3v) is 5.21. The summed E-state index contributed by atoms with van der Waals surface area (Å²) < 4.78 is 0. The first-order valence-electron chi connectivity index (χ1n) is 10.6. The average molecular weight is 395 g/mol. The summed E-state index contributed by atoms with van der Waals surface area (Å²) in [6.45, 7) is 9.06. The molecule has 0 bridgehead atoms. The summed E-state index contributed by atoms with van der Waals surface area (Å²) in [5, 5.41) is 2.92. The minimum Gasteiger partial charge on any atom is -0.354 e. The largest absolute Gasteiger partial charge is 0.354 e. The van der Waals surface area contributed by atoms with Crippen molar-refractivity contribution in [1.82, 2.24) is 10.2 Å². The van der Waals surface area contributed by atoms with Gasteiger partial charge >= 0.3 is 0 Å². The van der Waals surface area contributed by atoms with Crippen LogP contribution in [0, 0.1) is 6.92 Å². The van der Waals surface area contributed by atoms with Gasteiger partial charge in [0, 0.05) is 19.5 Å². The van der Waals surface area contributed by atoms with Gasteiger partial charge in [-0.25, -0.2) is 0 Å². The van der Waals surface area contributed by atoms with Crippen LogP contribution >= 0.6 is 0 Å². The lowest BCUT2D eigenvalue weighted by Gasteiger charge is -2.29. The Bertz CT molecular complexity index is 799. The Morgan fingerprint density at radius 3 is 2.31 bits per heavy atom. The molecule has 1 atom stereocenters. The van der Waals surface area contributed by atoms with Crippen molar-refractivity contribution in [1.29, 1.82) is 0 Å². The number of aryl methyl sites for hydroxylation is 3. The van der Waals surface area contributed by atoms with Gasteiger partial charge in [0.05, 0.1) is 0 Å². The molecule has 0 unspecified atom stereocenters. The van der Waals surface area contributed by atoms with Crippen molar-refractivity contribution < 1.29 is 9.59 Å². The van der Waals surface area contributed by atoms with Crippen molar-refractivity contribution in [3.63, 3.8) is 0 Å². The second kappa shape index (κ2) is 11.4. The second-order valence-electron chi connectivity index (χ2n) is 7.65. The van der Waals surface area contributed by atoms with E-state index in [1.54, 1.807) is 4.90 Å². The summed E-state index contributed by atoms with van der Waals surface area (Å²) in [7, 11) is 0. The van der Waals surface area contributed by atoms with Crippen LogP contribution in [0.4, 0.5) is 0 Å². The topological polar surface area (TPSA) is 49.4 Å². The minimum absolute atomic E-state index is 0.00484. The van der Waals surface area contributed by atoms with E-state index < -0.39 is 6.04 Å². The van der Waals surface area contributed by atoms with Crippen molar-refractivity contribution in [3.05, 3.63) is 70.8 Å². The first-order chi connectivity index (χ1) is 13.9. The van der Waals surface area contributed by atoms with E-state index in [4.69, 9.17) is 0 Å². The van der Waals surface area contributed by atoms with E-state index in [1.165, 1.54) is 5.56 Å². The van der Waals surface area contributed by atoms with Crippen LogP contribution in [0.5, 0.6) is 0 Å². The first-order valence-corrected chi connectivity index (χ1v) is 10.6. The lowest BCUT2D eigenvalue weighted by Crippen LogP contribution is -2.47. The zero-order valence-electron chi connectivity index (χ0n) is 18.2. The predicted octanol–water partition coefficient (Wildman–Crippen LogP) is 4.43. The van der Waals surface area contributed by atoms with Crippen LogP contribution in [-0.4, -0.2) is 29.3 Å². The Labute approximate surface area is 175 Å². The number of amides is 2. The fourth-order valence-electron chi connectivity index (χ4n) is 3.32. The van der Waals surface area contributed by atoms with Gasteiger partial charge in [0.1, 0.15) is 6.04 Å². The van der Waals surface area contributed by atoms with Gasteiger partial charge in [0.25, 0.3) is 0 Å². The zero-order valence-corrected chi connectivity index (χ0v) is 18.2. The van der Waals surface area contributed by atoms with Gasteiger partial charge in [-0.2, -0.15) is 0 Å². The van der Waals surface area contributed by atoms with E-state index in [-0.39, 0.29) is 11.8 Å². The van der Waals surface area contributed by atoms with Crippen LogP contribution in [-0.2, 0) is 29.0 Å². The van der Waals surface area contributed by atoms with Crippen LogP contribution in [0.1, 0.15) is 55.9 Å². The molecule has 2 aromatic rings.